The molecular weight excluding hydrogens is 386 g/mol. The quantitative estimate of drug-likeness (QED) is 0.692. The molecule has 7 nitrogen and oxygen atoms in total. The van der Waals surface area contributed by atoms with Crippen molar-refractivity contribution in [1.29, 1.82) is 0 Å². The number of fused-ring (bicyclic) bond motifs is 1. The normalized spacial score (nSPS) is 27.1. The van der Waals surface area contributed by atoms with Crippen LogP contribution >= 0.6 is 15.9 Å². The number of carbonyl (C=O) groups excluding carboxylic acids is 1. The van der Waals surface area contributed by atoms with Gasteiger partial charge in [0.15, 0.2) is 6.29 Å². The predicted octanol–water partition coefficient (Wildman–Crippen LogP) is 1.63. The molecule has 4 rings (SSSR count). The topological polar surface area (TPSA) is 68.9 Å². The van der Waals surface area contributed by atoms with Crippen LogP contribution in [0.4, 0.5) is 5.69 Å². The summed E-state index contributed by atoms with van der Waals surface area (Å²) in [5.74, 6) is -0.0784. The largest absolute Gasteiger partial charge is 0.322 e. The van der Waals surface area contributed by atoms with Crippen molar-refractivity contribution in [1.82, 2.24) is 21.1 Å². The van der Waals surface area contributed by atoms with Crippen molar-refractivity contribution in [3.63, 3.8) is 0 Å². The Hall–Kier alpha value is -1.45. The van der Waals surface area contributed by atoms with Crippen molar-refractivity contribution in [2.24, 2.45) is 0 Å². The Bertz CT molecular complexity index is 709. The molecule has 3 aliphatic rings. The molecule has 2 unspecified atom stereocenters. The van der Waals surface area contributed by atoms with E-state index >= 15 is 0 Å². The van der Waals surface area contributed by atoms with Gasteiger partial charge in [0.05, 0.1) is 17.9 Å². The van der Waals surface area contributed by atoms with E-state index < -0.39 is 0 Å². The number of carbonyl (C=O) groups is 1. The molecule has 3 heterocycles. The van der Waals surface area contributed by atoms with Gasteiger partial charge in [0.1, 0.15) is 6.17 Å². The Morgan fingerprint density at radius 2 is 2.00 bits per heavy atom. The van der Waals surface area contributed by atoms with Gasteiger partial charge >= 0.3 is 0 Å². The zero-order valence-electron chi connectivity index (χ0n) is 14.3. The van der Waals surface area contributed by atoms with Crippen LogP contribution in [0.25, 0.3) is 0 Å². The van der Waals surface area contributed by atoms with Crippen LogP contribution in [-0.4, -0.2) is 36.6 Å². The van der Waals surface area contributed by atoms with E-state index in [-0.39, 0.29) is 18.4 Å². The van der Waals surface area contributed by atoms with E-state index in [2.05, 4.69) is 58.0 Å². The molecule has 1 aromatic carbocycles. The summed E-state index contributed by atoms with van der Waals surface area (Å²) in [6.07, 6.45) is 3.42. The van der Waals surface area contributed by atoms with E-state index in [1.54, 1.807) is 0 Å². The molecule has 1 aromatic rings. The highest BCUT2D eigenvalue weighted by Gasteiger charge is 2.39. The second-order valence-electron chi connectivity index (χ2n) is 6.63. The van der Waals surface area contributed by atoms with Crippen LogP contribution in [0, 0.1) is 13.8 Å². The summed E-state index contributed by atoms with van der Waals surface area (Å²) in [5.41, 5.74) is 7.38. The number of hydrazine groups is 1. The van der Waals surface area contributed by atoms with Gasteiger partial charge in [-0.1, -0.05) is 15.9 Å². The van der Waals surface area contributed by atoms with Gasteiger partial charge in [-0.05, 0) is 49.9 Å². The fourth-order valence-corrected chi connectivity index (χ4v) is 4.26. The third-order valence-corrected chi connectivity index (χ3v) is 5.17. The van der Waals surface area contributed by atoms with Crippen molar-refractivity contribution in [2.75, 3.05) is 18.2 Å². The summed E-state index contributed by atoms with van der Waals surface area (Å²) in [4.78, 5) is 18.2. The van der Waals surface area contributed by atoms with Crippen molar-refractivity contribution in [2.45, 2.75) is 39.1 Å². The summed E-state index contributed by atoms with van der Waals surface area (Å²) in [6, 6.07) is 4.14. The number of halogens is 1. The first-order chi connectivity index (χ1) is 12.0. The molecule has 2 fully saturated rings. The molecular formula is C17H22BrN5O2. The van der Waals surface area contributed by atoms with Gasteiger partial charge in [0, 0.05) is 17.2 Å². The smallest absolute Gasteiger partial charge is 0.254 e. The first-order valence-electron chi connectivity index (χ1n) is 8.53. The minimum atomic E-state index is -0.325. The SMILES string of the molecule is Cc1cc(Br)cc(C)c1N1C=C2C(=O)NC(N3CCCCO3)NC2N1. The molecule has 0 spiro atoms. The summed E-state index contributed by atoms with van der Waals surface area (Å²) in [6.45, 7) is 5.62. The van der Waals surface area contributed by atoms with Gasteiger partial charge in [-0.2, -0.15) is 5.06 Å². The van der Waals surface area contributed by atoms with Crippen molar-refractivity contribution < 1.29 is 9.63 Å². The Balaban J connectivity index is 1.55. The lowest BCUT2D eigenvalue weighted by Crippen LogP contribution is -2.67. The molecule has 3 aliphatic heterocycles. The number of nitrogens with zero attached hydrogens (tertiary/aromatic N) is 2. The number of amides is 1. The van der Waals surface area contributed by atoms with E-state index in [0.29, 0.717) is 12.2 Å². The van der Waals surface area contributed by atoms with E-state index in [4.69, 9.17) is 4.84 Å². The number of hydrogen-bond acceptors (Lipinski definition) is 6. The molecule has 2 saturated heterocycles. The van der Waals surface area contributed by atoms with Crippen LogP contribution in [0.3, 0.4) is 0 Å². The third-order valence-electron chi connectivity index (χ3n) is 4.72. The maximum atomic E-state index is 12.6. The number of rotatable bonds is 2. The maximum absolute atomic E-state index is 12.6. The van der Waals surface area contributed by atoms with Gasteiger partial charge in [0.25, 0.3) is 5.91 Å². The molecule has 0 radical (unpaired) electrons. The molecule has 0 saturated carbocycles. The summed E-state index contributed by atoms with van der Waals surface area (Å²) in [5, 5.41) is 10.1. The highest BCUT2D eigenvalue weighted by Crippen LogP contribution is 2.31. The Labute approximate surface area is 155 Å². The molecule has 3 N–H and O–H groups in total. The molecule has 0 aliphatic carbocycles. The zero-order chi connectivity index (χ0) is 17.6. The lowest BCUT2D eigenvalue weighted by atomic mass is 10.1. The van der Waals surface area contributed by atoms with E-state index in [9.17, 15) is 4.79 Å². The lowest BCUT2D eigenvalue weighted by molar-refractivity contribution is -0.222. The number of anilines is 1. The average molecular weight is 408 g/mol. The fraction of sp³-hybridized carbons (Fsp3) is 0.471. The molecule has 1 amide bonds. The highest BCUT2D eigenvalue weighted by molar-refractivity contribution is 9.10. The van der Waals surface area contributed by atoms with Crippen molar-refractivity contribution >= 4 is 27.5 Å². The zero-order valence-corrected chi connectivity index (χ0v) is 15.9. The second-order valence-corrected chi connectivity index (χ2v) is 7.54. The maximum Gasteiger partial charge on any atom is 0.254 e. The van der Waals surface area contributed by atoms with Gasteiger partial charge in [-0.3, -0.25) is 20.0 Å². The molecule has 0 aromatic heterocycles. The van der Waals surface area contributed by atoms with E-state index in [1.807, 2.05) is 16.3 Å². The third kappa shape index (κ3) is 3.20. The standard InChI is InChI=1S/C17H22BrN5O2/c1-10-7-12(18)8-11(2)14(10)22-9-13-15(21-22)19-17(20-16(13)24)23-5-3-4-6-25-23/h7-9,15,17,19,21H,3-6H2,1-2H3,(H,20,24). The van der Waals surface area contributed by atoms with Crippen LogP contribution in [0.1, 0.15) is 24.0 Å². The van der Waals surface area contributed by atoms with E-state index in [0.717, 1.165) is 40.7 Å². The highest BCUT2D eigenvalue weighted by atomic mass is 79.9. The van der Waals surface area contributed by atoms with Crippen LogP contribution in [0.5, 0.6) is 0 Å². The Kier molecular flexibility index (Phi) is 4.55. The van der Waals surface area contributed by atoms with Crippen LogP contribution in [0.15, 0.2) is 28.4 Å². The minimum absolute atomic E-state index is 0.0784. The minimum Gasteiger partial charge on any atom is -0.322 e. The summed E-state index contributed by atoms with van der Waals surface area (Å²) in [7, 11) is 0. The van der Waals surface area contributed by atoms with Gasteiger partial charge in [-0.25, -0.2) is 5.43 Å². The number of hydrogen-bond donors (Lipinski definition) is 3. The average Bonchev–Trinajstić information content (AvgIpc) is 2.99. The van der Waals surface area contributed by atoms with Crippen LogP contribution in [-0.2, 0) is 9.63 Å². The van der Waals surface area contributed by atoms with Crippen LogP contribution < -0.4 is 21.1 Å². The monoisotopic (exact) mass is 407 g/mol. The molecule has 8 heteroatoms. The Morgan fingerprint density at radius 1 is 1.24 bits per heavy atom. The molecule has 25 heavy (non-hydrogen) atoms. The first kappa shape index (κ1) is 17.0. The Morgan fingerprint density at radius 3 is 2.68 bits per heavy atom. The number of nitrogens with one attached hydrogen (secondary N) is 3. The number of benzene rings is 1. The van der Waals surface area contributed by atoms with Gasteiger partial charge < -0.3 is 5.32 Å². The lowest BCUT2D eigenvalue weighted by Gasteiger charge is -2.39. The van der Waals surface area contributed by atoms with Crippen LogP contribution in [0.2, 0.25) is 0 Å². The number of aryl methyl sites for hydroxylation is 2. The molecule has 134 valence electrons. The van der Waals surface area contributed by atoms with Crippen molar-refractivity contribution in [3.8, 4) is 0 Å². The van der Waals surface area contributed by atoms with Gasteiger partial charge in [0.2, 0.25) is 0 Å². The van der Waals surface area contributed by atoms with E-state index in [1.165, 1.54) is 0 Å². The number of hydroxylamine groups is 2. The summed E-state index contributed by atoms with van der Waals surface area (Å²) >= 11 is 3.53. The van der Waals surface area contributed by atoms with Gasteiger partial charge in [-0.15, -0.1) is 0 Å². The van der Waals surface area contributed by atoms with Crippen molar-refractivity contribution in [3.05, 3.63) is 39.5 Å². The fourth-order valence-electron chi connectivity index (χ4n) is 3.57. The predicted molar refractivity (Wildman–Crippen MR) is 98.1 cm³/mol. The summed E-state index contributed by atoms with van der Waals surface area (Å²) < 4.78 is 1.05. The second kappa shape index (κ2) is 6.69. The first-order valence-corrected chi connectivity index (χ1v) is 9.32. The molecule has 2 atom stereocenters. The molecule has 0 bridgehead atoms.